The summed E-state index contributed by atoms with van der Waals surface area (Å²) in [6.07, 6.45) is 5.23. The number of fused-ring (bicyclic) bond motifs is 2. The van der Waals surface area contributed by atoms with Gasteiger partial charge in [-0.25, -0.2) is 0 Å². The molecule has 0 aromatic heterocycles. The number of hydrogen-bond acceptors (Lipinski definition) is 10. The molecule has 7 rings (SSSR count). The van der Waals surface area contributed by atoms with Crippen LogP contribution in [-0.4, -0.2) is 133 Å². The van der Waals surface area contributed by atoms with Crippen LogP contribution in [0.2, 0.25) is 0 Å². The number of nitrogens with zero attached hydrogens (tertiary/aromatic N) is 2. The average molecular weight is 1050 g/mol. The number of hydrogen-bond donors (Lipinski definition) is 8. The Labute approximate surface area is 447 Å². The molecule has 4 aliphatic rings. The average Bonchev–Trinajstić information content (AvgIpc) is 4.03. The Bertz CT molecular complexity index is 2490. The summed E-state index contributed by atoms with van der Waals surface area (Å²) in [5, 5.41) is 24.1. The molecule has 3 aromatic rings. The molecule has 0 bridgehead atoms. The number of carbonyl (C=O) groups is 8. The largest absolute Gasteiger partial charge is 0.347 e. The van der Waals surface area contributed by atoms with E-state index < -0.39 is 82.8 Å². The summed E-state index contributed by atoms with van der Waals surface area (Å²) in [7, 11) is 3.31. The van der Waals surface area contributed by atoms with Gasteiger partial charge in [0.15, 0.2) is 0 Å². The SMILES string of the molecule is CN[C@@H](C)C(=O)N[C@H](C(=O)N1C[C@H](NC(=O)c2cccc(C(=O)N[C@H]3C[C@@H](C(=O)N[C@@H]4CCCc5ccccc54)N(C(=O)[C@@H](NC(=O)[C@H](C)NC)C(C)(C)C)C3)c2)C[C@H]1C(=O)N[C@@H]1CCCc2ccccc21)C(C)(C)C. The molecule has 8 amide bonds. The molecule has 0 saturated carbocycles. The van der Waals surface area contributed by atoms with Crippen molar-refractivity contribution < 1.29 is 38.4 Å². The molecule has 2 heterocycles. The molecule has 2 aliphatic heterocycles. The molecular weight excluding hydrogens is 965 g/mol. The normalized spacial score (nSPS) is 22.9. The van der Waals surface area contributed by atoms with E-state index in [0.717, 1.165) is 60.8 Å². The summed E-state index contributed by atoms with van der Waals surface area (Å²) in [6, 6.07) is 15.2. The minimum atomic E-state index is -0.997. The van der Waals surface area contributed by atoms with Gasteiger partial charge in [-0.15, -0.1) is 0 Å². The monoisotopic (exact) mass is 1040 g/mol. The first-order valence-electron chi connectivity index (χ1n) is 27.0. The first-order chi connectivity index (χ1) is 36.0. The molecule has 76 heavy (non-hydrogen) atoms. The van der Waals surface area contributed by atoms with Gasteiger partial charge in [-0.2, -0.15) is 0 Å². The fraction of sp³-hybridized carbons (Fsp3) is 0.552. The van der Waals surface area contributed by atoms with Gasteiger partial charge in [0.2, 0.25) is 35.4 Å². The first kappa shape index (κ1) is 57.1. The van der Waals surface area contributed by atoms with Crippen molar-refractivity contribution in [2.75, 3.05) is 27.2 Å². The molecule has 2 saturated heterocycles. The molecular formula is C58H80N10O8. The van der Waals surface area contributed by atoms with Crippen LogP contribution in [0.4, 0.5) is 0 Å². The molecule has 2 aliphatic carbocycles. The lowest BCUT2D eigenvalue weighted by atomic mass is 9.85. The van der Waals surface area contributed by atoms with E-state index in [2.05, 4.69) is 54.7 Å². The molecule has 0 spiro atoms. The van der Waals surface area contributed by atoms with Crippen LogP contribution in [0.1, 0.15) is 149 Å². The maximum atomic E-state index is 14.7. The molecule has 2 fully saturated rings. The molecule has 3 aromatic carbocycles. The van der Waals surface area contributed by atoms with E-state index in [-0.39, 0.29) is 72.8 Å². The van der Waals surface area contributed by atoms with Crippen molar-refractivity contribution in [2.24, 2.45) is 10.8 Å². The lowest BCUT2D eigenvalue weighted by Gasteiger charge is -2.36. The van der Waals surface area contributed by atoms with E-state index >= 15 is 0 Å². The van der Waals surface area contributed by atoms with Crippen LogP contribution in [0.25, 0.3) is 0 Å². The minimum Gasteiger partial charge on any atom is -0.347 e. The van der Waals surface area contributed by atoms with Crippen molar-refractivity contribution in [3.63, 3.8) is 0 Å². The standard InChI is InChI=1S/C58H80N10O8/c1-33(59-9)49(69)65-47(57(3,4)5)55(75)67-31-39(29-45(67)53(73)63-43-26-16-20-35-18-11-13-24-41(35)43)61-51(71)37-22-15-23-38(28-37)52(72)62-40-30-46(54(74)64-44-27-17-21-36-19-12-14-25-42(36)44)68(32-40)56(76)48(58(6,7)8)66-50(70)34(2)60-10/h11-15,18-19,22-25,28,33-34,39-40,43-48,59-60H,16-17,20-21,26-27,29-32H2,1-10H3,(H,61,71)(H,62,72)(H,63,73)(H,64,74)(H,65,69)(H,66,70)/t33-,34-,39-,40+,43+,44+,45-,46-,47+,48+/m0/s1. The third-order valence-corrected chi connectivity index (χ3v) is 15.7. The highest BCUT2D eigenvalue weighted by molar-refractivity contribution is 6.01. The van der Waals surface area contributed by atoms with E-state index in [0.29, 0.717) is 0 Å². The lowest BCUT2D eigenvalue weighted by molar-refractivity contribution is -0.144. The van der Waals surface area contributed by atoms with E-state index in [9.17, 15) is 38.4 Å². The smallest absolute Gasteiger partial charge is 0.251 e. The topological polar surface area (TPSA) is 239 Å². The van der Waals surface area contributed by atoms with Crippen molar-refractivity contribution in [3.05, 3.63) is 106 Å². The second kappa shape index (κ2) is 24.1. The Balaban J connectivity index is 1.09. The Morgan fingerprint density at radius 1 is 0.526 bits per heavy atom. The predicted molar refractivity (Wildman–Crippen MR) is 290 cm³/mol. The summed E-state index contributed by atoms with van der Waals surface area (Å²) in [4.78, 5) is 116. The van der Waals surface area contributed by atoms with Gasteiger partial charge >= 0.3 is 0 Å². The maximum absolute atomic E-state index is 14.7. The summed E-state index contributed by atoms with van der Waals surface area (Å²) < 4.78 is 0. The highest BCUT2D eigenvalue weighted by Crippen LogP contribution is 2.34. The third kappa shape index (κ3) is 13.3. The van der Waals surface area contributed by atoms with Crippen LogP contribution in [0.15, 0.2) is 72.8 Å². The van der Waals surface area contributed by atoms with Gasteiger partial charge in [0.05, 0.1) is 24.2 Å². The van der Waals surface area contributed by atoms with Gasteiger partial charge in [0.25, 0.3) is 11.8 Å². The highest BCUT2D eigenvalue weighted by atomic mass is 16.2. The number of carbonyl (C=O) groups excluding carboxylic acids is 8. The number of rotatable bonds is 16. The Morgan fingerprint density at radius 2 is 0.908 bits per heavy atom. The lowest BCUT2D eigenvalue weighted by Crippen LogP contribution is -2.59. The summed E-state index contributed by atoms with van der Waals surface area (Å²) >= 11 is 0. The Morgan fingerprint density at radius 3 is 1.28 bits per heavy atom. The van der Waals surface area contributed by atoms with Gasteiger partial charge in [-0.05, 0) is 131 Å². The Hall–Kier alpha value is -6.66. The second-order valence-corrected chi connectivity index (χ2v) is 23.3. The van der Waals surface area contributed by atoms with Crippen LogP contribution >= 0.6 is 0 Å². The maximum Gasteiger partial charge on any atom is 0.251 e. The molecule has 0 radical (unpaired) electrons. The molecule has 8 N–H and O–H groups in total. The quantitative estimate of drug-likeness (QED) is 0.103. The van der Waals surface area contributed by atoms with Crippen LogP contribution < -0.4 is 42.5 Å². The molecule has 18 nitrogen and oxygen atoms in total. The zero-order chi connectivity index (χ0) is 55.2. The van der Waals surface area contributed by atoms with Gasteiger partial charge in [0, 0.05) is 36.3 Å². The molecule has 10 atom stereocenters. The van der Waals surface area contributed by atoms with Crippen LogP contribution in [-0.2, 0) is 41.6 Å². The minimum absolute atomic E-state index is 0.0126. The number of likely N-dealkylation sites (tertiary alicyclic amines) is 2. The van der Waals surface area contributed by atoms with E-state index in [1.165, 1.54) is 15.9 Å². The molecule has 0 unspecified atom stereocenters. The van der Waals surface area contributed by atoms with Crippen molar-refractivity contribution in [1.29, 1.82) is 0 Å². The van der Waals surface area contributed by atoms with Crippen molar-refractivity contribution >= 4 is 47.3 Å². The van der Waals surface area contributed by atoms with Crippen LogP contribution in [0, 0.1) is 10.8 Å². The molecule has 18 heteroatoms. The fourth-order valence-corrected chi connectivity index (χ4v) is 11.0. The van der Waals surface area contributed by atoms with Crippen molar-refractivity contribution in [3.8, 4) is 0 Å². The fourth-order valence-electron chi connectivity index (χ4n) is 11.0. The highest BCUT2D eigenvalue weighted by Gasteiger charge is 2.48. The number of nitrogens with one attached hydrogen (secondary N) is 8. The van der Waals surface area contributed by atoms with E-state index in [4.69, 9.17) is 0 Å². The first-order valence-corrected chi connectivity index (χ1v) is 27.0. The number of aryl methyl sites for hydroxylation is 2. The number of likely N-dealkylation sites (N-methyl/N-ethyl adjacent to an activating group) is 2. The van der Waals surface area contributed by atoms with Gasteiger partial charge in [-0.1, -0.05) is 96.1 Å². The van der Waals surface area contributed by atoms with Gasteiger partial charge in [0.1, 0.15) is 24.2 Å². The van der Waals surface area contributed by atoms with Crippen LogP contribution in [0.3, 0.4) is 0 Å². The van der Waals surface area contributed by atoms with Gasteiger partial charge < -0.3 is 52.3 Å². The second-order valence-electron chi connectivity index (χ2n) is 23.3. The predicted octanol–water partition coefficient (Wildman–Crippen LogP) is 3.75. The third-order valence-electron chi connectivity index (χ3n) is 15.7. The zero-order valence-corrected chi connectivity index (χ0v) is 45.9. The van der Waals surface area contributed by atoms with E-state index in [1.807, 2.05) is 77.9 Å². The van der Waals surface area contributed by atoms with Gasteiger partial charge in [-0.3, -0.25) is 38.4 Å². The van der Waals surface area contributed by atoms with Crippen molar-refractivity contribution in [2.45, 2.75) is 167 Å². The van der Waals surface area contributed by atoms with Crippen molar-refractivity contribution in [1.82, 2.24) is 52.3 Å². The number of benzene rings is 3. The molecule has 410 valence electrons. The summed E-state index contributed by atoms with van der Waals surface area (Å²) in [5.74, 6) is -3.41. The Kier molecular flexibility index (Phi) is 18.1. The summed E-state index contributed by atoms with van der Waals surface area (Å²) in [6.45, 7) is 14.4. The number of amides is 8. The zero-order valence-electron chi connectivity index (χ0n) is 45.9. The van der Waals surface area contributed by atoms with Crippen LogP contribution in [0.5, 0.6) is 0 Å². The van der Waals surface area contributed by atoms with E-state index in [1.54, 1.807) is 46.1 Å². The summed E-state index contributed by atoms with van der Waals surface area (Å²) in [5.41, 5.74) is 3.22.